The summed E-state index contributed by atoms with van der Waals surface area (Å²) in [6, 6.07) is 10.8. The van der Waals surface area contributed by atoms with E-state index in [1.807, 2.05) is 37.8 Å². The first-order valence-electron chi connectivity index (χ1n) is 24.1. The number of amides is 5. The fourth-order valence-electron chi connectivity index (χ4n) is 8.99. The molecule has 3 aliphatic rings. The van der Waals surface area contributed by atoms with Crippen LogP contribution in [0, 0.1) is 28.0 Å². The Morgan fingerprint density at radius 1 is 1.00 bits per heavy atom. The van der Waals surface area contributed by atoms with Gasteiger partial charge in [-0.1, -0.05) is 26.8 Å². The number of allylic oxidation sites excluding steroid dienone is 1. The van der Waals surface area contributed by atoms with Crippen LogP contribution in [-0.2, 0) is 41.6 Å². The number of nitrogens with zero attached hydrogens (tertiary/aromatic N) is 5. The molecule has 21 heteroatoms. The number of benzene rings is 2. The van der Waals surface area contributed by atoms with Gasteiger partial charge in [-0.2, -0.15) is 5.26 Å². The van der Waals surface area contributed by atoms with E-state index in [1.54, 1.807) is 33.2 Å². The van der Waals surface area contributed by atoms with Crippen molar-refractivity contribution in [2.75, 3.05) is 83.9 Å². The number of nitrogens with one attached hydrogen (secondary N) is 5. The molecule has 6 rings (SSSR count). The number of aromatic nitrogens is 1. The van der Waals surface area contributed by atoms with Crippen LogP contribution in [0.25, 0.3) is 5.57 Å². The van der Waals surface area contributed by atoms with Gasteiger partial charge in [0.15, 0.2) is 0 Å². The Balaban J connectivity index is 0.940. The van der Waals surface area contributed by atoms with E-state index >= 15 is 0 Å². The third kappa shape index (κ3) is 13.2. The average molecular weight is 995 g/mol. The van der Waals surface area contributed by atoms with Crippen molar-refractivity contribution in [1.29, 1.82) is 10.7 Å². The third-order valence-corrected chi connectivity index (χ3v) is 13.0. The number of halogens is 1. The van der Waals surface area contributed by atoms with Crippen molar-refractivity contribution in [3.8, 4) is 11.8 Å². The molecule has 1 aromatic heterocycles. The molecule has 2 bridgehead atoms. The molecule has 5 amide bonds. The summed E-state index contributed by atoms with van der Waals surface area (Å²) in [5, 5.41) is 31.1. The molecule has 4 heterocycles. The quantitative estimate of drug-likeness (QED) is 0.0672. The standard InChI is InChI=1S/C51H67FN12O8/c1-30(57-5)48(67)61-45(51(2,3)4)50(69)64-28-33-22-35(11-9-31(33)23-42(64)47(56)66)72-21-20-71-19-18-70-17-13-43(65)59-15-14-58-39(26-53)44-32-24-41(46(55)60-27-32)63-16-7-8-40(63)37-25-34(52)10-12-36(37)49(68)62(6)29-38(44)54/h9-12,22,24-25,27,30,40,42,45,54,57-58H,7-8,13-21,23,28-29H2,1-6H3,(H2,55,60)(H2,56,66)(H,59,65)(H,61,67)/b44-39-,54-38?/t30-,40+,42-,45+/m0/s1. The van der Waals surface area contributed by atoms with Crippen LogP contribution in [0.1, 0.15) is 85.6 Å². The van der Waals surface area contributed by atoms with Crippen LogP contribution >= 0.6 is 0 Å². The lowest BCUT2D eigenvalue weighted by Crippen LogP contribution is -2.61. The van der Waals surface area contributed by atoms with Crippen LogP contribution in [-0.4, -0.2) is 141 Å². The third-order valence-electron chi connectivity index (χ3n) is 13.0. The van der Waals surface area contributed by atoms with E-state index in [9.17, 15) is 33.6 Å². The normalized spacial score (nSPS) is 18.3. The lowest BCUT2D eigenvalue weighted by atomic mass is 9.84. The topological polar surface area (TPSA) is 283 Å². The number of ether oxygens (including phenoxy) is 3. The zero-order chi connectivity index (χ0) is 52.3. The smallest absolute Gasteiger partial charge is 0.254 e. The Labute approximate surface area is 419 Å². The molecular formula is C51H67FN12O8. The number of primary amides is 1. The molecule has 72 heavy (non-hydrogen) atoms. The van der Waals surface area contributed by atoms with E-state index in [2.05, 4.69) is 32.3 Å². The summed E-state index contributed by atoms with van der Waals surface area (Å²) >= 11 is 0. The number of anilines is 2. The zero-order valence-electron chi connectivity index (χ0n) is 41.9. The minimum Gasteiger partial charge on any atom is -0.491 e. The molecular weight excluding hydrogens is 928 g/mol. The summed E-state index contributed by atoms with van der Waals surface area (Å²) in [6.07, 6.45) is 3.20. The zero-order valence-corrected chi connectivity index (χ0v) is 41.9. The van der Waals surface area contributed by atoms with Gasteiger partial charge in [0.2, 0.25) is 23.6 Å². The van der Waals surface area contributed by atoms with Gasteiger partial charge >= 0.3 is 0 Å². The van der Waals surface area contributed by atoms with Crippen LogP contribution in [0.5, 0.6) is 5.75 Å². The Kier molecular flexibility index (Phi) is 18.3. The van der Waals surface area contributed by atoms with Crippen molar-refractivity contribution in [3.05, 3.63) is 88.0 Å². The number of hydrogen-bond acceptors (Lipinski definition) is 15. The molecule has 0 radical (unpaired) electrons. The fourth-order valence-corrected chi connectivity index (χ4v) is 8.99. The molecule has 2 aromatic carbocycles. The van der Waals surface area contributed by atoms with E-state index in [-0.39, 0.29) is 119 Å². The Morgan fingerprint density at radius 2 is 1.72 bits per heavy atom. The van der Waals surface area contributed by atoms with Gasteiger partial charge < -0.3 is 67.1 Å². The largest absolute Gasteiger partial charge is 0.491 e. The van der Waals surface area contributed by atoms with Gasteiger partial charge in [-0.3, -0.25) is 24.0 Å². The second-order valence-electron chi connectivity index (χ2n) is 19.1. The maximum absolute atomic E-state index is 14.6. The van der Waals surface area contributed by atoms with E-state index in [0.717, 1.165) is 17.5 Å². The molecule has 20 nitrogen and oxygen atoms in total. The number of nitrogens with two attached hydrogens (primary N) is 2. The van der Waals surface area contributed by atoms with Crippen LogP contribution in [0.4, 0.5) is 15.9 Å². The van der Waals surface area contributed by atoms with E-state index in [0.29, 0.717) is 41.1 Å². The molecule has 4 atom stereocenters. The van der Waals surface area contributed by atoms with Gasteiger partial charge in [0, 0.05) is 69.0 Å². The second-order valence-corrected chi connectivity index (χ2v) is 19.1. The molecule has 0 aliphatic carbocycles. The lowest BCUT2D eigenvalue weighted by molar-refractivity contribution is -0.146. The number of pyridine rings is 1. The van der Waals surface area contributed by atoms with Gasteiger partial charge in [-0.15, -0.1) is 0 Å². The predicted octanol–water partition coefficient (Wildman–Crippen LogP) is 2.57. The van der Waals surface area contributed by atoms with Crippen molar-refractivity contribution < 1.29 is 42.6 Å². The first kappa shape index (κ1) is 54.2. The number of likely N-dealkylation sites (N-methyl/N-ethyl adjacent to an activating group) is 1. The van der Waals surface area contributed by atoms with Crippen molar-refractivity contribution in [2.24, 2.45) is 11.1 Å². The molecule has 386 valence electrons. The van der Waals surface area contributed by atoms with E-state index in [4.69, 9.17) is 31.1 Å². The van der Waals surface area contributed by atoms with Gasteiger partial charge in [0.25, 0.3) is 5.91 Å². The van der Waals surface area contributed by atoms with Crippen molar-refractivity contribution in [3.63, 3.8) is 0 Å². The van der Waals surface area contributed by atoms with Gasteiger partial charge in [0.1, 0.15) is 47.8 Å². The van der Waals surface area contributed by atoms with Crippen LogP contribution in [0.15, 0.2) is 54.4 Å². The molecule has 9 N–H and O–H groups in total. The highest BCUT2D eigenvalue weighted by Gasteiger charge is 2.42. The number of fused-ring (bicyclic) bond motifs is 7. The van der Waals surface area contributed by atoms with Crippen LogP contribution in [0.3, 0.4) is 0 Å². The van der Waals surface area contributed by atoms with Crippen molar-refractivity contribution in [1.82, 2.24) is 36.1 Å². The van der Waals surface area contributed by atoms with Gasteiger partial charge in [-0.05, 0) is 85.3 Å². The SMILES string of the molecule is CN[C@@H](C)C(=O)N[C@H](C(=O)N1Cc2cc(OCCOCCOCCC(=O)NCCN/C(C#N)=C3\C(=N)CN(C)C(=O)c4ccc(F)cc4[C@H]4CCCN4c4cc3cnc4N)ccc2C[C@H]1C(N)=O)C(C)(C)C. The number of nitriles is 1. The van der Waals surface area contributed by atoms with Gasteiger partial charge in [0.05, 0.1) is 56.5 Å². The highest BCUT2D eigenvalue weighted by Crippen LogP contribution is 2.41. The molecule has 1 fully saturated rings. The molecule has 3 aromatic rings. The lowest BCUT2D eigenvalue weighted by Gasteiger charge is -2.40. The van der Waals surface area contributed by atoms with Crippen molar-refractivity contribution in [2.45, 2.75) is 84.1 Å². The second kappa shape index (κ2) is 24.3. The average Bonchev–Trinajstić information content (AvgIpc) is 3.84. The number of rotatable bonds is 19. The first-order valence-corrected chi connectivity index (χ1v) is 24.1. The maximum atomic E-state index is 14.6. The summed E-state index contributed by atoms with van der Waals surface area (Å²) in [5.74, 6) is -1.73. The van der Waals surface area contributed by atoms with E-state index < -0.39 is 41.2 Å². The molecule has 3 aliphatic heterocycles. The Bertz CT molecular complexity index is 2600. The number of nitrogen functional groups attached to an aromatic ring is 1. The summed E-state index contributed by atoms with van der Waals surface area (Å²) in [4.78, 5) is 75.1. The minimum absolute atomic E-state index is 0.0402. The minimum atomic E-state index is -0.908. The summed E-state index contributed by atoms with van der Waals surface area (Å²) < 4.78 is 31.8. The summed E-state index contributed by atoms with van der Waals surface area (Å²) in [7, 11) is 3.21. The van der Waals surface area contributed by atoms with E-state index in [1.165, 1.54) is 34.2 Å². The van der Waals surface area contributed by atoms with Crippen LogP contribution in [0.2, 0.25) is 0 Å². The van der Waals surface area contributed by atoms with Crippen molar-refractivity contribution >= 4 is 52.3 Å². The number of hydrogen-bond donors (Lipinski definition) is 7. The summed E-state index contributed by atoms with van der Waals surface area (Å²) in [5.41, 5.74) is 15.3. The highest BCUT2D eigenvalue weighted by atomic mass is 19.1. The Morgan fingerprint density at radius 3 is 2.43 bits per heavy atom. The maximum Gasteiger partial charge on any atom is 0.254 e. The fraction of sp³-hybridized carbons (Fsp3) is 0.490. The molecule has 1 saturated heterocycles. The summed E-state index contributed by atoms with van der Waals surface area (Å²) in [6.45, 7) is 9.16. The number of carbonyl (C=O) groups is 5. The molecule has 0 saturated carbocycles. The number of carbonyl (C=O) groups excluding carboxylic acids is 5. The molecule has 0 unspecified atom stereocenters. The Hall–Kier alpha value is -7.15. The van der Waals surface area contributed by atoms with Crippen LogP contribution < -0.4 is 42.4 Å². The first-order chi connectivity index (χ1) is 34.3. The van der Waals surface area contributed by atoms with Gasteiger partial charge in [-0.25, -0.2) is 9.37 Å². The predicted molar refractivity (Wildman–Crippen MR) is 268 cm³/mol. The molecule has 0 spiro atoms. The highest BCUT2D eigenvalue weighted by molar-refractivity contribution is 6.25. The monoisotopic (exact) mass is 995 g/mol.